The topological polar surface area (TPSA) is 90.7 Å². The van der Waals surface area contributed by atoms with Crippen LogP contribution in [-0.2, 0) is 14.8 Å². The highest BCUT2D eigenvalue weighted by Crippen LogP contribution is 2.21. The molecule has 8 heteroatoms. The Labute approximate surface area is 164 Å². The van der Waals surface area contributed by atoms with Crippen LogP contribution >= 0.6 is 0 Å². The molecule has 7 nitrogen and oxygen atoms in total. The van der Waals surface area contributed by atoms with Crippen molar-refractivity contribution in [3.8, 4) is 11.8 Å². The number of sulfonamides is 1. The molecule has 1 fully saturated rings. The predicted octanol–water partition coefficient (Wildman–Crippen LogP) is 1.86. The minimum absolute atomic E-state index is 0.00180. The first-order valence-corrected chi connectivity index (χ1v) is 10.4. The van der Waals surface area contributed by atoms with Crippen LogP contribution in [0.4, 0.5) is 0 Å². The number of nitriles is 1. The van der Waals surface area contributed by atoms with Crippen LogP contribution in [0, 0.1) is 11.3 Å². The van der Waals surface area contributed by atoms with Crippen LogP contribution in [0.3, 0.4) is 0 Å². The van der Waals surface area contributed by atoms with Crippen LogP contribution in [0.15, 0.2) is 59.5 Å². The van der Waals surface area contributed by atoms with Crippen molar-refractivity contribution in [2.75, 3.05) is 26.2 Å². The van der Waals surface area contributed by atoms with Crippen molar-refractivity contribution in [3.63, 3.8) is 0 Å². The number of rotatable bonds is 5. The molecule has 1 atom stereocenters. The summed E-state index contributed by atoms with van der Waals surface area (Å²) in [6, 6.07) is 17.1. The van der Waals surface area contributed by atoms with E-state index in [-0.39, 0.29) is 42.5 Å². The zero-order valence-corrected chi connectivity index (χ0v) is 16.3. The summed E-state index contributed by atoms with van der Waals surface area (Å²) >= 11 is 0. The SMILES string of the molecule is C[C@@H](Oc1ccccc1)C(=O)N1CCN(S(=O)(=O)c2ccccc2C#N)CC1. The zero-order valence-electron chi connectivity index (χ0n) is 15.5. The zero-order chi connectivity index (χ0) is 20.1. The van der Waals surface area contributed by atoms with Gasteiger partial charge < -0.3 is 9.64 Å². The lowest BCUT2D eigenvalue weighted by atomic mass is 10.2. The van der Waals surface area contributed by atoms with Crippen molar-refractivity contribution in [2.24, 2.45) is 0 Å². The van der Waals surface area contributed by atoms with Crippen LogP contribution in [0.5, 0.6) is 5.75 Å². The van der Waals surface area contributed by atoms with Gasteiger partial charge in [-0.15, -0.1) is 0 Å². The Kier molecular flexibility index (Phi) is 5.97. The van der Waals surface area contributed by atoms with E-state index in [9.17, 15) is 18.5 Å². The summed E-state index contributed by atoms with van der Waals surface area (Å²) in [6.07, 6.45) is -0.662. The van der Waals surface area contributed by atoms with Crippen LogP contribution in [0.25, 0.3) is 0 Å². The molecule has 1 saturated heterocycles. The van der Waals surface area contributed by atoms with Gasteiger partial charge in [0.1, 0.15) is 11.8 Å². The first-order chi connectivity index (χ1) is 13.4. The second-order valence-electron chi connectivity index (χ2n) is 6.41. The van der Waals surface area contributed by atoms with Crippen molar-refractivity contribution in [2.45, 2.75) is 17.9 Å². The first kappa shape index (κ1) is 19.9. The average molecular weight is 399 g/mol. The maximum Gasteiger partial charge on any atom is 0.263 e. The second kappa shape index (κ2) is 8.42. The number of carbonyl (C=O) groups is 1. The minimum atomic E-state index is -3.78. The largest absolute Gasteiger partial charge is 0.481 e. The van der Waals surface area contributed by atoms with E-state index >= 15 is 0 Å². The van der Waals surface area contributed by atoms with Crippen LogP contribution in [0.2, 0.25) is 0 Å². The van der Waals surface area contributed by atoms with Gasteiger partial charge in [0.05, 0.1) is 10.5 Å². The normalized spacial score (nSPS) is 16.2. The lowest BCUT2D eigenvalue weighted by Gasteiger charge is -2.35. The van der Waals surface area contributed by atoms with Crippen LogP contribution < -0.4 is 4.74 Å². The Bertz CT molecular complexity index is 978. The fraction of sp³-hybridized carbons (Fsp3) is 0.300. The highest BCUT2D eigenvalue weighted by Gasteiger charge is 2.33. The Morgan fingerprint density at radius 3 is 2.29 bits per heavy atom. The molecule has 2 aromatic rings. The van der Waals surface area contributed by atoms with E-state index in [1.165, 1.54) is 16.4 Å². The third kappa shape index (κ3) is 4.16. The van der Waals surface area contributed by atoms with Crippen molar-refractivity contribution in [3.05, 3.63) is 60.2 Å². The molecule has 3 rings (SSSR count). The molecule has 0 aromatic heterocycles. The lowest BCUT2D eigenvalue weighted by molar-refractivity contribution is -0.139. The number of piperazine rings is 1. The molecule has 0 aliphatic carbocycles. The highest BCUT2D eigenvalue weighted by molar-refractivity contribution is 7.89. The molecule has 28 heavy (non-hydrogen) atoms. The number of carbonyl (C=O) groups excluding carboxylic acids is 1. The van der Waals surface area contributed by atoms with Gasteiger partial charge in [0.2, 0.25) is 10.0 Å². The average Bonchev–Trinajstić information content (AvgIpc) is 2.74. The summed E-state index contributed by atoms with van der Waals surface area (Å²) in [7, 11) is -3.78. The molecular formula is C20H21N3O4S. The van der Waals surface area contributed by atoms with E-state index in [0.717, 1.165) is 0 Å². The highest BCUT2D eigenvalue weighted by atomic mass is 32.2. The molecule has 0 unspecified atom stereocenters. The van der Waals surface area contributed by atoms with Gasteiger partial charge >= 0.3 is 0 Å². The first-order valence-electron chi connectivity index (χ1n) is 8.93. The predicted molar refractivity (Wildman–Crippen MR) is 103 cm³/mol. The molecule has 1 amide bonds. The molecule has 1 aliphatic heterocycles. The van der Waals surface area contributed by atoms with E-state index in [4.69, 9.17) is 4.74 Å². The lowest BCUT2D eigenvalue weighted by Crippen LogP contribution is -2.53. The van der Waals surface area contributed by atoms with E-state index < -0.39 is 16.1 Å². The Morgan fingerprint density at radius 1 is 1.04 bits per heavy atom. The third-order valence-electron chi connectivity index (χ3n) is 4.58. The number of benzene rings is 2. The van der Waals surface area contributed by atoms with E-state index in [0.29, 0.717) is 5.75 Å². The van der Waals surface area contributed by atoms with E-state index in [1.807, 2.05) is 24.3 Å². The monoisotopic (exact) mass is 399 g/mol. The second-order valence-corrected chi connectivity index (χ2v) is 8.32. The summed E-state index contributed by atoms with van der Waals surface area (Å²) in [5, 5.41) is 9.18. The van der Waals surface area contributed by atoms with Crippen LogP contribution in [-0.4, -0.2) is 55.8 Å². The third-order valence-corrected chi connectivity index (χ3v) is 6.54. The van der Waals surface area contributed by atoms with Gasteiger partial charge in [-0.25, -0.2) is 8.42 Å². The van der Waals surface area contributed by atoms with Gasteiger partial charge in [0.25, 0.3) is 5.91 Å². The fourth-order valence-electron chi connectivity index (χ4n) is 3.08. The standard InChI is InChI=1S/C20H21N3O4S/c1-16(27-18-8-3-2-4-9-18)20(24)22-11-13-23(14-12-22)28(25,26)19-10-6-5-7-17(19)15-21/h2-10,16H,11-14H2,1H3/t16-/m1/s1. The van der Waals surface area contributed by atoms with E-state index in [1.54, 1.807) is 36.1 Å². The maximum atomic E-state index is 12.9. The van der Waals surface area contributed by atoms with Crippen molar-refractivity contribution in [1.82, 2.24) is 9.21 Å². The van der Waals surface area contributed by atoms with Gasteiger partial charge in [-0.1, -0.05) is 30.3 Å². The summed E-state index contributed by atoms with van der Waals surface area (Å²) < 4.78 is 32.7. The maximum absolute atomic E-state index is 12.9. The van der Waals surface area contributed by atoms with Gasteiger partial charge in [0, 0.05) is 26.2 Å². The smallest absolute Gasteiger partial charge is 0.263 e. The molecule has 1 heterocycles. The molecule has 146 valence electrons. The summed E-state index contributed by atoms with van der Waals surface area (Å²) in [5.41, 5.74) is 0.117. The number of para-hydroxylation sites is 1. The molecule has 0 bridgehead atoms. The minimum Gasteiger partial charge on any atom is -0.481 e. The summed E-state index contributed by atoms with van der Waals surface area (Å²) in [4.78, 5) is 14.2. The Balaban J connectivity index is 1.64. The van der Waals surface area contributed by atoms with Gasteiger partial charge in [-0.2, -0.15) is 9.57 Å². The van der Waals surface area contributed by atoms with Gasteiger partial charge in [-0.05, 0) is 31.2 Å². The molecule has 0 saturated carbocycles. The number of hydrogen-bond acceptors (Lipinski definition) is 5. The Hall–Kier alpha value is -2.89. The molecular weight excluding hydrogens is 378 g/mol. The van der Waals surface area contributed by atoms with Gasteiger partial charge in [0.15, 0.2) is 6.10 Å². The molecule has 1 aliphatic rings. The van der Waals surface area contributed by atoms with Crippen LogP contribution in [0.1, 0.15) is 12.5 Å². The molecule has 0 radical (unpaired) electrons. The summed E-state index contributed by atoms with van der Waals surface area (Å²) in [6.45, 7) is 2.57. The number of amides is 1. The number of hydrogen-bond donors (Lipinski definition) is 0. The van der Waals surface area contributed by atoms with Crippen molar-refractivity contribution < 1.29 is 17.9 Å². The molecule has 2 aromatic carbocycles. The quantitative estimate of drug-likeness (QED) is 0.765. The fourth-order valence-corrected chi connectivity index (χ4v) is 4.65. The van der Waals surface area contributed by atoms with Gasteiger partial charge in [-0.3, -0.25) is 4.79 Å². The van der Waals surface area contributed by atoms with E-state index in [2.05, 4.69) is 0 Å². The number of nitrogens with zero attached hydrogens (tertiary/aromatic N) is 3. The summed E-state index contributed by atoms with van der Waals surface area (Å²) in [5.74, 6) is 0.427. The molecule has 0 N–H and O–H groups in total. The Morgan fingerprint density at radius 2 is 1.64 bits per heavy atom. The van der Waals surface area contributed by atoms with Crippen molar-refractivity contribution >= 4 is 15.9 Å². The van der Waals surface area contributed by atoms with Crippen molar-refractivity contribution in [1.29, 1.82) is 5.26 Å². The molecule has 0 spiro atoms. The number of ether oxygens (including phenoxy) is 1.